The largest absolute Gasteiger partial charge is 0.481 e. The van der Waals surface area contributed by atoms with Crippen LogP contribution in [-0.2, 0) is 18.9 Å². The van der Waals surface area contributed by atoms with Gasteiger partial charge in [0, 0.05) is 0 Å². The summed E-state index contributed by atoms with van der Waals surface area (Å²) in [7, 11) is -5.69. The minimum Gasteiger partial charge on any atom is -0.481 e. The summed E-state index contributed by atoms with van der Waals surface area (Å²) in [6, 6.07) is 0. The molecule has 2 unspecified atom stereocenters. The molecule has 6 N–H and O–H groups in total. The number of carboxylic acid groups (broad SMARTS) is 3. The summed E-state index contributed by atoms with van der Waals surface area (Å²) in [6.07, 6.45) is -2.66. The fraction of sp³-hybridized carbons (Fsp3) is 0.625. The van der Waals surface area contributed by atoms with Gasteiger partial charge in [-0.1, -0.05) is 6.92 Å². The summed E-state index contributed by atoms with van der Waals surface area (Å²) < 4.78 is 11.4. The Hall–Kier alpha value is -1.48. The van der Waals surface area contributed by atoms with Gasteiger partial charge >= 0.3 is 25.5 Å². The molecule has 0 heterocycles. The van der Waals surface area contributed by atoms with Crippen molar-refractivity contribution >= 4 is 25.5 Å². The second-order valence-electron chi connectivity index (χ2n) is 3.80. The van der Waals surface area contributed by atoms with Crippen LogP contribution >= 0.6 is 7.60 Å². The zero-order valence-corrected chi connectivity index (χ0v) is 10.6. The lowest BCUT2D eigenvalue weighted by atomic mass is 9.81. The van der Waals surface area contributed by atoms with Crippen molar-refractivity contribution in [2.24, 2.45) is 0 Å². The Morgan fingerprint density at radius 3 is 1.63 bits per heavy atom. The van der Waals surface area contributed by atoms with E-state index in [1.807, 2.05) is 0 Å². The van der Waals surface area contributed by atoms with Gasteiger partial charge in [0.25, 0.3) is 0 Å². The van der Waals surface area contributed by atoms with Gasteiger partial charge in [-0.2, -0.15) is 0 Å². The molecule has 110 valence electrons. The first-order valence-corrected chi connectivity index (χ1v) is 6.44. The van der Waals surface area contributed by atoms with Crippen LogP contribution in [0.3, 0.4) is 0 Å². The zero-order chi connectivity index (χ0) is 15.6. The van der Waals surface area contributed by atoms with E-state index in [1.54, 1.807) is 0 Å². The third kappa shape index (κ3) is 2.61. The summed E-state index contributed by atoms with van der Waals surface area (Å²) in [5.41, 5.74) is -3.65. The molecule has 0 aliphatic heterocycles. The van der Waals surface area contributed by atoms with Crippen LogP contribution < -0.4 is 0 Å². The van der Waals surface area contributed by atoms with E-state index in [4.69, 9.17) is 25.1 Å². The quantitative estimate of drug-likeness (QED) is 0.308. The van der Waals surface area contributed by atoms with Crippen LogP contribution in [0.15, 0.2) is 0 Å². The van der Waals surface area contributed by atoms with Crippen LogP contribution in [0.4, 0.5) is 0 Å². The number of hydrogen-bond acceptors (Lipinski definition) is 5. The van der Waals surface area contributed by atoms with E-state index in [1.165, 1.54) is 0 Å². The topological polar surface area (TPSA) is 190 Å². The van der Waals surface area contributed by atoms with Gasteiger partial charge in [-0.25, -0.2) is 4.79 Å². The highest BCUT2D eigenvalue weighted by Gasteiger charge is 2.70. The highest BCUT2D eigenvalue weighted by atomic mass is 31.2. The lowest BCUT2D eigenvalue weighted by Crippen LogP contribution is -2.63. The molecular weight excluding hydrogens is 287 g/mol. The lowest BCUT2D eigenvalue weighted by molar-refractivity contribution is -0.177. The standard InChI is InChI=1S/C8H13O10P/c1-2-8(6(13)14,19(16,17)18)7(15,5(11)12)3-4(9)10/h15H,2-3H2,1H3,(H,9,10)(H,11,12)(H,13,14)(H2,16,17,18). The molecule has 11 heteroatoms. The van der Waals surface area contributed by atoms with Gasteiger partial charge in [-0.15, -0.1) is 0 Å². The second kappa shape index (κ2) is 5.25. The van der Waals surface area contributed by atoms with Crippen LogP contribution in [0.1, 0.15) is 19.8 Å². The summed E-state index contributed by atoms with van der Waals surface area (Å²) in [6.45, 7) is 0.920. The van der Waals surface area contributed by atoms with Crippen molar-refractivity contribution in [1.82, 2.24) is 0 Å². The summed E-state index contributed by atoms with van der Waals surface area (Å²) in [5, 5.41) is 32.7. The van der Waals surface area contributed by atoms with Crippen molar-refractivity contribution in [3.8, 4) is 0 Å². The number of hydrogen-bond donors (Lipinski definition) is 6. The Labute approximate surface area is 106 Å². The molecule has 0 aliphatic rings. The summed E-state index contributed by atoms with van der Waals surface area (Å²) in [5.74, 6) is -6.56. The van der Waals surface area contributed by atoms with Crippen molar-refractivity contribution in [2.45, 2.75) is 30.5 Å². The van der Waals surface area contributed by atoms with Crippen molar-refractivity contribution < 1.29 is 49.2 Å². The maximum Gasteiger partial charge on any atom is 0.346 e. The fourth-order valence-corrected chi connectivity index (χ4v) is 3.13. The SMILES string of the molecule is CCC(C(=O)O)(C(O)(CC(=O)O)C(=O)O)P(=O)(O)O. The first-order valence-electron chi connectivity index (χ1n) is 4.83. The Bertz CT molecular complexity index is 452. The number of carboxylic acids is 3. The van der Waals surface area contributed by atoms with Crippen molar-refractivity contribution in [3.05, 3.63) is 0 Å². The van der Waals surface area contributed by atoms with Crippen LogP contribution in [0.25, 0.3) is 0 Å². The normalized spacial score (nSPS) is 18.1. The van der Waals surface area contributed by atoms with Crippen molar-refractivity contribution in [1.29, 1.82) is 0 Å². The predicted octanol–water partition coefficient (Wildman–Crippen LogP) is -1.31. The smallest absolute Gasteiger partial charge is 0.346 e. The molecule has 0 amide bonds. The van der Waals surface area contributed by atoms with Gasteiger partial charge in [-0.05, 0) is 6.42 Å². The Morgan fingerprint density at radius 2 is 1.47 bits per heavy atom. The van der Waals surface area contributed by atoms with E-state index in [-0.39, 0.29) is 0 Å². The summed E-state index contributed by atoms with van der Waals surface area (Å²) >= 11 is 0. The van der Waals surface area contributed by atoms with Gasteiger partial charge in [0.15, 0.2) is 5.60 Å². The fourth-order valence-electron chi connectivity index (χ4n) is 1.81. The molecule has 0 aromatic carbocycles. The van der Waals surface area contributed by atoms with Gasteiger partial charge in [0.1, 0.15) is 0 Å². The molecule has 0 rings (SSSR count). The third-order valence-corrected chi connectivity index (χ3v) is 4.68. The highest BCUT2D eigenvalue weighted by molar-refractivity contribution is 7.55. The van der Waals surface area contributed by atoms with Crippen LogP contribution in [0.2, 0.25) is 0 Å². The molecule has 0 aliphatic carbocycles. The van der Waals surface area contributed by atoms with Crippen LogP contribution in [0.5, 0.6) is 0 Å². The minimum atomic E-state index is -5.69. The van der Waals surface area contributed by atoms with Gasteiger partial charge in [0.05, 0.1) is 6.42 Å². The molecule has 0 saturated heterocycles. The van der Waals surface area contributed by atoms with E-state index in [9.17, 15) is 24.1 Å². The van der Waals surface area contributed by atoms with E-state index >= 15 is 0 Å². The molecule has 0 radical (unpaired) electrons. The second-order valence-corrected chi connectivity index (χ2v) is 5.65. The molecule has 0 spiro atoms. The number of rotatable bonds is 7. The molecule has 0 aromatic rings. The van der Waals surface area contributed by atoms with E-state index in [0.717, 1.165) is 6.92 Å². The molecular formula is C8H13O10P. The first kappa shape index (κ1) is 17.5. The van der Waals surface area contributed by atoms with Gasteiger partial charge in [0.2, 0.25) is 5.16 Å². The van der Waals surface area contributed by atoms with E-state index in [2.05, 4.69) is 0 Å². The predicted molar refractivity (Wildman–Crippen MR) is 57.5 cm³/mol. The van der Waals surface area contributed by atoms with Crippen molar-refractivity contribution in [3.63, 3.8) is 0 Å². The maximum absolute atomic E-state index is 11.4. The van der Waals surface area contributed by atoms with E-state index in [0.29, 0.717) is 0 Å². The Kier molecular flexibility index (Phi) is 4.84. The number of aliphatic carboxylic acids is 3. The third-order valence-electron chi connectivity index (χ3n) is 2.81. The Morgan fingerprint density at radius 1 is 1.05 bits per heavy atom. The lowest BCUT2D eigenvalue weighted by Gasteiger charge is -2.39. The average Bonchev–Trinajstić information content (AvgIpc) is 2.14. The average molecular weight is 300 g/mol. The summed E-state index contributed by atoms with van der Waals surface area (Å²) in [4.78, 5) is 50.9. The molecule has 0 aromatic heterocycles. The zero-order valence-electron chi connectivity index (χ0n) is 9.68. The molecule has 0 fully saturated rings. The van der Waals surface area contributed by atoms with Crippen LogP contribution in [0, 0.1) is 0 Å². The molecule has 10 nitrogen and oxygen atoms in total. The molecule has 2 atom stereocenters. The number of carbonyl (C=O) groups is 3. The maximum atomic E-state index is 11.4. The van der Waals surface area contributed by atoms with E-state index < -0.39 is 49.1 Å². The van der Waals surface area contributed by atoms with Crippen molar-refractivity contribution in [2.75, 3.05) is 0 Å². The number of aliphatic hydroxyl groups is 1. The molecule has 0 bridgehead atoms. The highest BCUT2D eigenvalue weighted by Crippen LogP contribution is 2.59. The Balaban J connectivity index is 6.38. The molecule has 19 heavy (non-hydrogen) atoms. The van der Waals surface area contributed by atoms with Gasteiger partial charge < -0.3 is 30.2 Å². The molecule has 0 saturated carbocycles. The van der Waals surface area contributed by atoms with Gasteiger partial charge in [-0.3, -0.25) is 14.2 Å². The monoisotopic (exact) mass is 300 g/mol. The minimum absolute atomic E-state index is 0.920. The first-order chi connectivity index (χ1) is 8.36. The van der Waals surface area contributed by atoms with Crippen LogP contribution in [-0.4, -0.2) is 58.9 Å².